The first kappa shape index (κ1) is 24.2. The Kier molecular flexibility index (Phi) is 7.45. The van der Waals surface area contributed by atoms with Crippen molar-refractivity contribution in [3.8, 4) is 34.1 Å². The average Bonchev–Trinajstić information content (AvgIpc) is 2.83. The van der Waals surface area contributed by atoms with Crippen LogP contribution in [0.4, 0.5) is 0 Å². The van der Waals surface area contributed by atoms with Crippen LogP contribution in [0.3, 0.4) is 0 Å². The number of hydrogen-bond donors (Lipinski definition) is 1. The number of rotatable bonds is 9. The fourth-order valence-corrected chi connectivity index (χ4v) is 3.45. The molecule has 34 heavy (non-hydrogen) atoms. The Hall–Kier alpha value is -4.43. The summed E-state index contributed by atoms with van der Waals surface area (Å²) in [7, 11) is 0. The van der Waals surface area contributed by atoms with E-state index in [2.05, 4.69) is 26.3 Å². The van der Waals surface area contributed by atoms with E-state index in [1.807, 2.05) is 0 Å². The number of carbonyl (C=O) groups excluding carboxylic acids is 3. The van der Waals surface area contributed by atoms with Gasteiger partial charge in [0.05, 0.1) is 0 Å². The van der Waals surface area contributed by atoms with E-state index in [1.54, 1.807) is 12.1 Å². The third-order valence-corrected chi connectivity index (χ3v) is 4.83. The molecule has 8 nitrogen and oxygen atoms in total. The molecule has 0 radical (unpaired) electrons. The van der Waals surface area contributed by atoms with Gasteiger partial charge in [0.25, 0.3) is 0 Å². The molecule has 0 heterocycles. The molecule has 1 atom stereocenters. The molecule has 1 aliphatic rings. The quantitative estimate of drug-likeness (QED) is 0.198. The van der Waals surface area contributed by atoms with Crippen LogP contribution in [0.25, 0.3) is 11.1 Å². The zero-order valence-electron chi connectivity index (χ0n) is 18.2. The van der Waals surface area contributed by atoms with E-state index in [0.29, 0.717) is 35.1 Å². The summed E-state index contributed by atoms with van der Waals surface area (Å²) in [6.45, 7) is 13.7. The van der Waals surface area contributed by atoms with Gasteiger partial charge in [0.15, 0.2) is 0 Å². The zero-order chi connectivity index (χ0) is 24.8. The van der Waals surface area contributed by atoms with Crippen molar-refractivity contribution in [1.29, 1.82) is 0 Å². The number of ether oxygens (including phenoxy) is 4. The number of aryl methyl sites for hydroxylation is 2. The minimum Gasteiger partial charge on any atom is -0.461 e. The van der Waals surface area contributed by atoms with Gasteiger partial charge in [-0.3, -0.25) is 0 Å². The molecule has 0 fully saturated rings. The van der Waals surface area contributed by atoms with Gasteiger partial charge in [-0.25, -0.2) is 14.4 Å². The molecule has 3 rings (SSSR count). The van der Waals surface area contributed by atoms with E-state index in [9.17, 15) is 19.5 Å². The van der Waals surface area contributed by atoms with E-state index in [4.69, 9.17) is 18.9 Å². The molecule has 2 aromatic carbocycles. The largest absolute Gasteiger partial charge is 0.461 e. The Balaban J connectivity index is 2.25. The number of esters is 3. The molecule has 0 aromatic heterocycles. The molecule has 0 bridgehead atoms. The topological polar surface area (TPSA) is 108 Å². The van der Waals surface area contributed by atoms with Crippen molar-refractivity contribution in [3.63, 3.8) is 0 Å². The molecule has 0 saturated heterocycles. The van der Waals surface area contributed by atoms with E-state index >= 15 is 0 Å². The third kappa shape index (κ3) is 5.31. The molecule has 0 spiro atoms. The van der Waals surface area contributed by atoms with Crippen LogP contribution in [0.5, 0.6) is 23.0 Å². The van der Waals surface area contributed by atoms with Crippen LogP contribution in [-0.2, 0) is 27.2 Å². The average molecular weight is 462 g/mol. The fourth-order valence-electron chi connectivity index (χ4n) is 3.45. The highest BCUT2D eigenvalue weighted by molar-refractivity contribution is 5.92. The second kappa shape index (κ2) is 10.5. The molecule has 1 unspecified atom stereocenters. The predicted molar refractivity (Wildman–Crippen MR) is 124 cm³/mol. The molecule has 2 aromatic rings. The highest BCUT2D eigenvalue weighted by Gasteiger charge is 2.28. The van der Waals surface area contributed by atoms with Gasteiger partial charge in [0.2, 0.25) is 6.29 Å². The summed E-state index contributed by atoms with van der Waals surface area (Å²) >= 11 is 0. The summed E-state index contributed by atoms with van der Waals surface area (Å²) in [6, 6.07) is 6.12. The van der Waals surface area contributed by atoms with E-state index in [-0.39, 0.29) is 23.0 Å². The number of fused-ring (bicyclic) bond motifs is 3. The Morgan fingerprint density at radius 3 is 1.65 bits per heavy atom. The van der Waals surface area contributed by atoms with Gasteiger partial charge in [-0.2, -0.15) is 0 Å². The fraction of sp³-hybridized carbons (Fsp3) is 0.115. The summed E-state index contributed by atoms with van der Waals surface area (Å²) in [4.78, 5) is 35.9. The van der Waals surface area contributed by atoms with Crippen molar-refractivity contribution in [2.24, 2.45) is 0 Å². The maximum Gasteiger partial charge on any atom is 0.335 e. The number of benzene rings is 2. The standard InChI is InChI=1S/C26H22O8/c1-5-21(27)31-17-11-15-9-10-16-12-18(32-22(28)6-2)14-20(34-24(30)8-4)26(16)25(15)19(13-17)33-23(29)7-3/h5-8,11-14,21,27H,1-4,9-10H2. The first-order valence-electron chi connectivity index (χ1n) is 10.1. The van der Waals surface area contributed by atoms with Crippen molar-refractivity contribution in [2.75, 3.05) is 0 Å². The van der Waals surface area contributed by atoms with E-state index in [0.717, 1.165) is 18.2 Å². The Labute approximate surface area is 196 Å². The van der Waals surface area contributed by atoms with Crippen molar-refractivity contribution >= 4 is 17.9 Å². The van der Waals surface area contributed by atoms with E-state index in [1.165, 1.54) is 18.2 Å². The molecule has 0 saturated carbocycles. The van der Waals surface area contributed by atoms with Gasteiger partial charge in [-0.1, -0.05) is 26.3 Å². The summed E-state index contributed by atoms with van der Waals surface area (Å²) in [5, 5.41) is 9.81. The second-order valence-electron chi connectivity index (χ2n) is 7.03. The van der Waals surface area contributed by atoms with E-state index < -0.39 is 24.2 Å². The number of hydrogen-bond acceptors (Lipinski definition) is 8. The lowest BCUT2D eigenvalue weighted by molar-refractivity contribution is -0.130. The van der Waals surface area contributed by atoms with Gasteiger partial charge >= 0.3 is 17.9 Å². The molecule has 1 aliphatic carbocycles. The zero-order valence-corrected chi connectivity index (χ0v) is 18.2. The highest BCUT2D eigenvalue weighted by atomic mass is 16.6. The molecule has 8 heteroatoms. The molecule has 174 valence electrons. The van der Waals surface area contributed by atoms with Crippen LogP contribution in [0.2, 0.25) is 0 Å². The maximum absolute atomic E-state index is 12.1. The minimum absolute atomic E-state index is 0.0749. The normalized spacial score (nSPS) is 12.1. The van der Waals surface area contributed by atoms with Crippen LogP contribution < -0.4 is 18.9 Å². The monoisotopic (exact) mass is 462 g/mol. The second-order valence-corrected chi connectivity index (χ2v) is 7.03. The Bertz CT molecular complexity index is 1210. The van der Waals surface area contributed by atoms with Crippen LogP contribution in [0, 0.1) is 0 Å². The first-order valence-corrected chi connectivity index (χ1v) is 10.1. The lowest BCUT2D eigenvalue weighted by atomic mass is 9.84. The van der Waals surface area contributed by atoms with Crippen molar-refractivity contribution < 1.29 is 38.4 Å². The molecule has 0 amide bonds. The van der Waals surface area contributed by atoms with Gasteiger partial charge in [-0.15, -0.1) is 0 Å². The number of aliphatic hydroxyl groups is 1. The van der Waals surface area contributed by atoms with Crippen LogP contribution >= 0.6 is 0 Å². The number of aliphatic hydroxyl groups excluding tert-OH is 1. The van der Waals surface area contributed by atoms with Gasteiger partial charge in [0.1, 0.15) is 23.0 Å². The Morgan fingerprint density at radius 1 is 0.735 bits per heavy atom. The van der Waals surface area contributed by atoms with Crippen LogP contribution in [-0.4, -0.2) is 29.3 Å². The van der Waals surface area contributed by atoms with Crippen molar-refractivity contribution in [1.82, 2.24) is 0 Å². The summed E-state index contributed by atoms with van der Waals surface area (Å²) < 4.78 is 21.6. The van der Waals surface area contributed by atoms with Gasteiger partial charge < -0.3 is 24.1 Å². The summed E-state index contributed by atoms with van der Waals surface area (Å²) in [5.41, 5.74) is 2.34. The first-order chi connectivity index (χ1) is 16.3. The Morgan fingerprint density at radius 2 is 1.18 bits per heavy atom. The van der Waals surface area contributed by atoms with Crippen molar-refractivity contribution in [3.05, 3.63) is 86.0 Å². The summed E-state index contributed by atoms with van der Waals surface area (Å²) in [6.07, 6.45) is 3.88. The third-order valence-electron chi connectivity index (χ3n) is 4.83. The van der Waals surface area contributed by atoms with Crippen molar-refractivity contribution in [2.45, 2.75) is 19.1 Å². The van der Waals surface area contributed by atoms with Gasteiger partial charge in [0, 0.05) is 41.5 Å². The number of carbonyl (C=O) groups is 3. The smallest absolute Gasteiger partial charge is 0.335 e. The van der Waals surface area contributed by atoms with Crippen LogP contribution in [0.1, 0.15) is 11.1 Å². The lowest BCUT2D eigenvalue weighted by Crippen LogP contribution is -2.15. The van der Waals surface area contributed by atoms with Crippen LogP contribution in [0.15, 0.2) is 74.9 Å². The lowest BCUT2D eigenvalue weighted by Gasteiger charge is -2.26. The SMILES string of the molecule is C=CC(=O)Oc1cc2c(c(OC(=O)C=C)c1)-c1c(cc(OC(O)C=C)cc1OC(=O)C=C)CC2. The minimum atomic E-state index is -1.27. The predicted octanol–water partition coefficient (Wildman–Crippen LogP) is 3.61. The summed E-state index contributed by atoms with van der Waals surface area (Å²) in [5.74, 6) is -1.58. The maximum atomic E-state index is 12.1. The highest BCUT2D eigenvalue weighted by Crippen LogP contribution is 2.48. The van der Waals surface area contributed by atoms with Gasteiger partial charge in [-0.05, 0) is 42.2 Å². The molecule has 0 aliphatic heterocycles. The molecular formula is C26H22O8. The molecule has 1 N–H and O–H groups in total. The molecular weight excluding hydrogens is 440 g/mol.